The van der Waals surface area contributed by atoms with Gasteiger partial charge in [-0.1, -0.05) is 11.6 Å². The molecular formula is C11H10ClN3O2. The normalized spacial score (nSPS) is 10.5. The second-order valence-corrected chi connectivity index (χ2v) is 4.03. The summed E-state index contributed by atoms with van der Waals surface area (Å²) in [7, 11) is 1.55. The molecule has 88 valence electrons. The van der Waals surface area contributed by atoms with Crippen LogP contribution >= 0.6 is 11.6 Å². The molecule has 0 radical (unpaired) electrons. The highest BCUT2D eigenvalue weighted by Crippen LogP contribution is 2.13. The monoisotopic (exact) mass is 251 g/mol. The first kappa shape index (κ1) is 11.6. The van der Waals surface area contributed by atoms with Crippen LogP contribution in [0.5, 0.6) is 0 Å². The highest BCUT2D eigenvalue weighted by molar-refractivity contribution is 6.29. The maximum Gasteiger partial charge on any atom is 0.277 e. The predicted octanol–water partition coefficient (Wildman–Crippen LogP) is 1.30. The van der Waals surface area contributed by atoms with Gasteiger partial charge in [0.25, 0.3) is 5.56 Å². The zero-order valence-corrected chi connectivity index (χ0v) is 10.1. The van der Waals surface area contributed by atoms with E-state index in [1.807, 2.05) is 0 Å². The molecule has 1 N–H and O–H groups in total. The Kier molecular flexibility index (Phi) is 2.85. The average Bonchev–Trinajstić information content (AvgIpc) is 2.59. The van der Waals surface area contributed by atoms with Gasteiger partial charge in [-0.2, -0.15) is 0 Å². The first-order valence-corrected chi connectivity index (χ1v) is 5.30. The number of aromatic nitrogens is 3. The van der Waals surface area contributed by atoms with Crippen LogP contribution in [0.1, 0.15) is 21.6 Å². The molecule has 2 heterocycles. The zero-order chi connectivity index (χ0) is 12.6. The van der Waals surface area contributed by atoms with Crippen LogP contribution in [0, 0.1) is 6.92 Å². The molecule has 17 heavy (non-hydrogen) atoms. The van der Waals surface area contributed by atoms with Crippen molar-refractivity contribution in [1.82, 2.24) is 14.8 Å². The third-order valence-electron chi connectivity index (χ3n) is 2.48. The Morgan fingerprint density at radius 2 is 2.12 bits per heavy atom. The van der Waals surface area contributed by atoms with Gasteiger partial charge in [-0.25, -0.2) is 4.98 Å². The van der Waals surface area contributed by atoms with Crippen molar-refractivity contribution in [3.63, 3.8) is 0 Å². The molecule has 5 nitrogen and oxygen atoms in total. The molecule has 0 aliphatic carbocycles. The second-order valence-electron chi connectivity index (χ2n) is 3.65. The molecule has 0 aromatic carbocycles. The molecule has 2 aromatic heterocycles. The summed E-state index contributed by atoms with van der Waals surface area (Å²) in [6.45, 7) is 1.68. The van der Waals surface area contributed by atoms with Crippen molar-refractivity contribution in [2.24, 2.45) is 7.05 Å². The summed E-state index contributed by atoms with van der Waals surface area (Å²) >= 11 is 5.71. The largest absolute Gasteiger partial charge is 0.302 e. The van der Waals surface area contributed by atoms with E-state index in [1.54, 1.807) is 20.0 Å². The molecule has 0 aliphatic heterocycles. The van der Waals surface area contributed by atoms with E-state index in [0.717, 1.165) is 0 Å². The topological polar surface area (TPSA) is 67.8 Å². The van der Waals surface area contributed by atoms with Crippen LogP contribution in [-0.2, 0) is 7.05 Å². The minimum absolute atomic E-state index is 0.0970. The second kappa shape index (κ2) is 4.18. The standard InChI is InChI=1S/C11H10ClN3O2/c1-6-7(3-4-9(12)14-6)10(16)8-5-13-15(2)11(8)17/h3-5,13H,1-2H3. The van der Waals surface area contributed by atoms with Crippen LogP contribution in [-0.4, -0.2) is 20.5 Å². The van der Waals surface area contributed by atoms with Gasteiger partial charge in [-0.15, -0.1) is 0 Å². The van der Waals surface area contributed by atoms with Crippen LogP contribution in [0.3, 0.4) is 0 Å². The number of nitrogens with one attached hydrogen (secondary N) is 1. The van der Waals surface area contributed by atoms with E-state index in [-0.39, 0.29) is 16.9 Å². The van der Waals surface area contributed by atoms with Gasteiger partial charge in [-0.05, 0) is 19.1 Å². The third kappa shape index (κ3) is 2.01. The molecule has 0 aliphatic rings. The van der Waals surface area contributed by atoms with E-state index in [4.69, 9.17) is 11.6 Å². The maximum atomic E-state index is 12.1. The van der Waals surface area contributed by atoms with Crippen LogP contribution in [0.2, 0.25) is 5.15 Å². The van der Waals surface area contributed by atoms with Crippen molar-refractivity contribution in [3.05, 3.63) is 50.7 Å². The number of aromatic amines is 1. The molecule has 0 saturated carbocycles. The van der Waals surface area contributed by atoms with Crippen LogP contribution in [0.15, 0.2) is 23.1 Å². The lowest BCUT2D eigenvalue weighted by molar-refractivity contribution is 0.103. The Balaban J connectivity index is 2.51. The SMILES string of the molecule is Cc1nc(Cl)ccc1C(=O)c1c[nH]n(C)c1=O. The minimum atomic E-state index is -0.357. The summed E-state index contributed by atoms with van der Waals surface area (Å²) in [6.07, 6.45) is 1.39. The first-order chi connectivity index (χ1) is 8.00. The highest BCUT2D eigenvalue weighted by atomic mass is 35.5. The number of hydrogen-bond donors (Lipinski definition) is 1. The molecule has 0 spiro atoms. The number of halogens is 1. The lowest BCUT2D eigenvalue weighted by atomic mass is 10.1. The summed E-state index contributed by atoms with van der Waals surface area (Å²) < 4.78 is 1.24. The van der Waals surface area contributed by atoms with Gasteiger partial charge in [0.15, 0.2) is 0 Å². The number of pyridine rings is 1. The number of rotatable bonds is 2. The van der Waals surface area contributed by atoms with E-state index >= 15 is 0 Å². The summed E-state index contributed by atoms with van der Waals surface area (Å²) in [5, 5.41) is 2.98. The van der Waals surface area contributed by atoms with E-state index in [2.05, 4.69) is 10.1 Å². The fourth-order valence-corrected chi connectivity index (χ4v) is 1.73. The molecule has 0 saturated heterocycles. The van der Waals surface area contributed by atoms with Gasteiger partial charge in [0.05, 0.1) is 5.69 Å². The lowest BCUT2D eigenvalue weighted by Gasteiger charge is -2.01. The number of aryl methyl sites for hydroxylation is 2. The third-order valence-corrected chi connectivity index (χ3v) is 2.69. The Labute approximate surface area is 102 Å². The Morgan fingerprint density at radius 1 is 1.41 bits per heavy atom. The average molecular weight is 252 g/mol. The summed E-state index contributed by atoms with van der Waals surface area (Å²) in [4.78, 5) is 27.7. The van der Waals surface area contributed by atoms with Crippen molar-refractivity contribution >= 4 is 17.4 Å². The first-order valence-electron chi connectivity index (χ1n) is 4.93. The van der Waals surface area contributed by atoms with Crippen molar-refractivity contribution in [2.45, 2.75) is 6.92 Å². The zero-order valence-electron chi connectivity index (χ0n) is 9.32. The van der Waals surface area contributed by atoms with E-state index < -0.39 is 0 Å². The predicted molar refractivity (Wildman–Crippen MR) is 63.5 cm³/mol. The molecule has 0 amide bonds. The van der Waals surface area contributed by atoms with Gasteiger partial charge in [-0.3, -0.25) is 14.3 Å². The highest BCUT2D eigenvalue weighted by Gasteiger charge is 2.17. The summed E-state index contributed by atoms with van der Waals surface area (Å²) in [5.41, 5.74) is 0.626. The number of ketones is 1. The Bertz CT molecular complexity index is 642. The van der Waals surface area contributed by atoms with Crippen LogP contribution < -0.4 is 5.56 Å². The van der Waals surface area contributed by atoms with E-state index in [1.165, 1.54) is 16.9 Å². The van der Waals surface area contributed by atoms with Crippen molar-refractivity contribution < 1.29 is 4.79 Å². The Morgan fingerprint density at radius 3 is 2.65 bits per heavy atom. The van der Waals surface area contributed by atoms with Gasteiger partial charge >= 0.3 is 0 Å². The molecular weight excluding hydrogens is 242 g/mol. The minimum Gasteiger partial charge on any atom is -0.302 e. The van der Waals surface area contributed by atoms with Gasteiger partial charge < -0.3 is 5.10 Å². The molecule has 0 unspecified atom stereocenters. The van der Waals surface area contributed by atoms with Gasteiger partial charge in [0, 0.05) is 18.8 Å². The molecule has 0 atom stereocenters. The summed E-state index contributed by atoms with van der Waals surface area (Å²) in [5.74, 6) is -0.353. The van der Waals surface area contributed by atoms with Crippen molar-refractivity contribution in [1.29, 1.82) is 0 Å². The van der Waals surface area contributed by atoms with E-state index in [0.29, 0.717) is 16.4 Å². The van der Waals surface area contributed by atoms with Crippen molar-refractivity contribution in [3.8, 4) is 0 Å². The number of hydrogen-bond acceptors (Lipinski definition) is 3. The lowest BCUT2D eigenvalue weighted by Crippen LogP contribution is -2.19. The molecule has 0 fully saturated rings. The Hall–Kier alpha value is -1.88. The molecule has 0 bridgehead atoms. The number of carbonyl (C=O) groups is 1. The number of H-pyrrole nitrogens is 1. The fourth-order valence-electron chi connectivity index (χ4n) is 1.54. The van der Waals surface area contributed by atoms with Gasteiger partial charge in [0.2, 0.25) is 5.78 Å². The van der Waals surface area contributed by atoms with Crippen molar-refractivity contribution in [2.75, 3.05) is 0 Å². The smallest absolute Gasteiger partial charge is 0.277 e. The van der Waals surface area contributed by atoms with Crippen LogP contribution in [0.25, 0.3) is 0 Å². The number of nitrogens with zero attached hydrogens (tertiary/aromatic N) is 2. The molecule has 6 heteroatoms. The van der Waals surface area contributed by atoms with Gasteiger partial charge in [0.1, 0.15) is 10.7 Å². The fraction of sp³-hybridized carbons (Fsp3) is 0.182. The van der Waals surface area contributed by atoms with E-state index in [9.17, 15) is 9.59 Å². The summed E-state index contributed by atoms with van der Waals surface area (Å²) in [6, 6.07) is 3.10. The quantitative estimate of drug-likeness (QED) is 0.646. The van der Waals surface area contributed by atoms with Crippen LogP contribution in [0.4, 0.5) is 0 Å². The number of carbonyl (C=O) groups excluding carboxylic acids is 1. The molecule has 2 aromatic rings. The maximum absolute atomic E-state index is 12.1. The molecule has 2 rings (SSSR count).